The largest absolute Gasteiger partial charge is 0.382 e. The average Bonchev–Trinajstić information content (AvgIpc) is 1.58. The maximum Gasteiger partial charge on any atom is 0.293 e. The number of fused-ring (bicyclic) bond motifs is 3. The Bertz CT molecular complexity index is 4320. The van der Waals surface area contributed by atoms with E-state index in [1.165, 1.54) is 39.6 Å². The van der Waals surface area contributed by atoms with Gasteiger partial charge in [-0.25, -0.2) is 27.5 Å². The van der Waals surface area contributed by atoms with Crippen LogP contribution in [0.25, 0.3) is 33.3 Å². The quantitative estimate of drug-likeness (QED) is 0.0193. The lowest BCUT2D eigenvalue weighted by molar-refractivity contribution is -0.384. The van der Waals surface area contributed by atoms with Crippen LogP contribution in [-0.4, -0.2) is 199 Å². The first-order valence-electron chi connectivity index (χ1n) is 31.6. The van der Waals surface area contributed by atoms with E-state index >= 15 is 0 Å². The molecule has 494 valence electrons. The van der Waals surface area contributed by atoms with Crippen LogP contribution < -0.4 is 31.1 Å². The summed E-state index contributed by atoms with van der Waals surface area (Å²) in [5.74, 6) is -3.29. The van der Waals surface area contributed by atoms with Gasteiger partial charge in [-0.3, -0.25) is 63.8 Å². The van der Waals surface area contributed by atoms with E-state index in [9.17, 15) is 47.3 Å². The van der Waals surface area contributed by atoms with Gasteiger partial charge in [-0.05, 0) is 109 Å². The highest BCUT2D eigenvalue weighted by molar-refractivity contribution is 7.90. The van der Waals surface area contributed by atoms with Crippen molar-refractivity contribution in [2.75, 3.05) is 127 Å². The number of sulfonamides is 1. The number of piperidine rings is 1. The zero-order chi connectivity index (χ0) is 66.0. The van der Waals surface area contributed by atoms with Gasteiger partial charge in [-0.1, -0.05) is 49.2 Å². The van der Waals surface area contributed by atoms with Crippen molar-refractivity contribution >= 4 is 102 Å². The van der Waals surface area contributed by atoms with Crippen LogP contribution in [0.2, 0.25) is 5.02 Å². The molecule has 0 radical (unpaired) electrons. The number of nitrogens with zero attached hydrogens (tertiary/aromatic N) is 9. The number of allylic oxidation sites excluding steroid dienone is 1. The molecule has 0 bridgehead atoms. The number of anilines is 3. The van der Waals surface area contributed by atoms with Crippen molar-refractivity contribution in [1.82, 2.24) is 49.0 Å². The van der Waals surface area contributed by atoms with Gasteiger partial charge in [-0.2, -0.15) is 0 Å². The van der Waals surface area contributed by atoms with Crippen LogP contribution in [0, 0.1) is 15.5 Å². The molecule has 3 saturated heterocycles. The molecule has 7 heterocycles. The van der Waals surface area contributed by atoms with Crippen molar-refractivity contribution < 1.29 is 46.8 Å². The predicted molar refractivity (Wildman–Crippen MR) is 355 cm³/mol. The Kier molecular flexibility index (Phi) is 19.2. The third-order valence-corrected chi connectivity index (χ3v) is 20.0. The number of benzene rings is 4. The Balaban J connectivity index is 0.623. The summed E-state index contributed by atoms with van der Waals surface area (Å²) in [6.45, 7) is 14.8. The minimum Gasteiger partial charge on any atom is -0.382 e. The molecule has 1 unspecified atom stereocenters. The number of amides is 5. The summed E-state index contributed by atoms with van der Waals surface area (Å²) >= 11 is 6.29. The third kappa shape index (κ3) is 14.0. The first-order valence-corrected chi connectivity index (χ1v) is 33.5. The van der Waals surface area contributed by atoms with Gasteiger partial charge in [0, 0.05) is 133 Å². The van der Waals surface area contributed by atoms with Crippen LogP contribution in [0.4, 0.5) is 22.7 Å². The number of aromatic amines is 1. The zero-order valence-electron chi connectivity index (χ0n) is 52.6. The highest BCUT2D eigenvalue weighted by atomic mass is 35.5. The van der Waals surface area contributed by atoms with Gasteiger partial charge in [0.25, 0.3) is 39.0 Å². The maximum atomic E-state index is 14.6. The lowest BCUT2D eigenvalue weighted by Crippen LogP contribution is -2.54. The number of H-pyrrole nitrogens is 1. The molecule has 5 N–H and O–H groups in total. The Morgan fingerprint density at radius 1 is 0.798 bits per heavy atom. The summed E-state index contributed by atoms with van der Waals surface area (Å²) in [7, 11) is -3.16. The highest BCUT2D eigenvalue weighted by Crippen LogP contribution is 2.44. The summed E-state index contributed by atoms with van der Waals surface area (Å²) in [5.41, 5.74) is 6.15. The number of carbonyl (C=O) groups excluding carboxylic acids is 5. The first-order chi connectivity index (χ1) is 45.2. The van der Waals surface area contributed by atoms with Crippen LogP contribution >= 0.6 is 11.6 Å². The third-order valence-electron chi connectivity index (χ3n) is 18.4. The fraction of sp³-hybridized carbons (Fsp3) is 0.409. The highest BCUT2D eigenvalue weighted by Gasteiger charge is 2.46. The van der Waals surface area contributed by atoms with Gasteiger partial charge < -0.3 is 30.0 Å². The van der Waals surface area contributed by atoms with Gasteiger partial charge >= 0.3 is 0 Å². The van der Waals surface area contributed by atoms with Crippen molar-refractivity contribution in [1.29, 1.82) is 0 Å². The number of nitro benzene ring substituents is 1. The van der Waals surface area contributed by atoms with E-state index in [-0.39, 0.29) is 51.8 Å². The summed E-state index contributed by atoms with van der Waals surface area (Å²) in [5, 5.41) is 22.4. The fourth-order valence-corrected chi connectivity index (χ4v) is 14.3. The monoisotopic (exact) mass is 1320 g/mol. The Hall–Kier alpha value is -8.83. The molecule has 94 heavy (non-hydrogen) atoms. The Morgan fingerprint density at radius 2 is 1.52 bits per heavy atom. The van der Waals surface area contributed by atoms with Crippen LogP contribution in [0.15, 0.2) is 112 Å². The first kappa shape index (κ1) is 65.2. The lowest BCUT2D eigenvalue weighted by Gasteiger charge is -2.39. The molecule has 4 aliphatic heterocycles. The number of piperazine rings is 2. The topological polar surface area (TPSA) is 301 Å². The lowest BCUT2D eigenvalue weighted by atomic mass is 9.72. The van der Waals surface area contributed by atoms with Crippen molar-refractivity contribution in [3.05, 3.63) is 151 Å². The number of carbonyl (C=O) groups is 5. The standard InChI is InChI=1S/C66H75ClN14O12S/c1-66(2)19-17-44(50(40-66)42-7-9-45(67)10-8-42)41-77-28-30-78(31-29-77)46-11-13-48(54(38-46)80-56-37-43-18-20-70-60(43)72-59(56)65(87)74(80)3)61(83)73-94(90,91)47-12-14-51(55(39-47)81(88)89)68-21-23-75-24-26-76(27-25-75)32-34-93-36-35-92-33-22-69-52-6-4-5-49-58(52)64(86)79(63(49)85)53-15-16-57(82)71-62(53)84/h4-14,18,20,37-39,53,68-69H,15-17,19,21-36,40-41H2,1-3H3,(H,70,72)(H,73,83)(H,71,82,84). The maximum absolute atomic E-state index is 14.6. The van der Waals surface area contributed by atoms with Crippen LogP contribution in [0.1, 0.15) is 82.6 Å². The molecule has 5 amide bonds. The molecule has 1 atom stereocenters. The Morgan fingerprint density at radius 3 is 2.27 bits per heavy atom. The normalized spacial score (nSPS) is 18.3. The Labute approximate surface area is 547 Å². The molecule has 5 aliphatic rings. The van der Waals surface area contributed by atoms with E-state index in [0.29, 0.717) is 93.0 Å². The van der Waals surface area contributed by atoms with E-state index < -0.39 is 66.7 Å². The molecular formula is C66H75ClN14O12S. The van der Waals surface area contributed by atoms with Crippen LogP contribution in [0.3, 0.4) is 0 Å². The number of nitro groups is 1. The van der Waals surface area contributed by atoms with E-state index in [2.05, 4.69) is 76.2 Å². The molecule has 3 fully saturated rings. The van der Waals surface area contributed by atoms with E-state index in [4.69, 9.17) is 21.1 Å². The molecule has 3 aromatic heterocycles. The number of rotatable bonds is 24. The molecule has 0 spiro atoms. The minimum atomic E-state index is -4.72. The second-order valence-corrected chi connectivity index (χ2v) is 27.2. The number of halogens is 1. The average molecular weight is 1320 g/mol. The molecule has 0 saturated carbocycles. The minimum absolute atomic E-state index is 0.0352. The number of aromatic nitrogens is 4. The fourth-order valence-electron chi connectivity index (χ4n) is 13.2. The van der Waals surface area contributed by atoms with Gasteiger partial charge in [0.15, 0.2) is 5.52 Å². The van der Waals surface area contributed by atoms with Gasteiger partial charge in [0.2, 0.25) is 11.8 Å². The molecule has 1 aliphatic carbocycles. The van der Waals surface area contributed by atoms with Crippen LogP contribution in [-0.2, 0) is 36.1 Å². The second kappa shape index (κ2) is 27.6. The number of nitrogens with one attached hydrogen (secondary N) is 5. The van der Waals surface area contributed by atoms with Gasteiger partial charge in [0.05, 0.1) is 64.1 Å². The molecule has 4 aromatic carbocycles. The van der Waals surface area contributed by atoms with Crippen molar-refractivity contribution in [2.24, 2.45) is 12.5 Å². The zero-order valence-corrected chi connectivity index (χ0v) is 54.2. The second-order valence-electron chi connectivity index (χ2n) is 25.1. The summed E-state index contributed by atoms with van der Waals surface area (Å²) in [6.07, 6.45) is 4.90. The van der Waals surface area contributed by atoms with E-state index in [0.717, 1.165) is 81.7 Å². The van der Waals surface area contributed by atoms with Gasteiger partial charge in [0.1, 0.15) is 17.4 Å². The van der Waals surface area contributed by atoms with Crippen molar-refractivity contribution in [2.45, 2.75) is 56.9 Å². The molecule has 28 heteroatoms. The molecule has 12 rings (SSSR count). The molecular weight excluding hydrogens is 1250 g/mol. The SMILES string of the molecule is Cn1c(=O)c2nc3[nH]ccc3cc2n1-c1cc(N2CCN(CC3=C(c4ccc(Cl)cc4)CC(C)(C)CC3)CC2)ccc1C(=O)NS(=O)(=O)c1ccc(NCCN2CCN(CCOCCOCCNc3cccc4c3C(=O)N(C3CCC(=O)NC3=O)C4=O)CC2)c([N+](=O)[O-])c1. The number of hydrogen-bond donors (Lipinski definition) is 5. The predicted octanol–water partition coefficient (Wildman–Crippen LogP) is 6.25. The summed E-state index contributed by atoms with van der Waals surface area (Å²) < 4.78 is 45.0. The van der Waals surface area contributed by atoms with Crippen LogP contribution in [0.5, 0.6) is 0 Å². The smallest absolute Gasteiger partial charge is 0.293 e. The number of hydrogen-bond acceptors (Lipinski definition) is 19. The van der Waals surface area contributed by atoms with E-state index in [1.54, 1.807) is 54.3 Å². The van der Waals surface area contributed by atoms with Gasteiger partial charge in [-0.15, -0.1) is 0 Å². The van der Waals surface area contributed by atoms with E-state index in [1.807, 2.05) is 18.2 Å². The molecule has 26 nitrogen and oxygen atoms in total. The number of ether oxygens (including phenoxy) is 2. The molecule has 7 aromatic rings. The van der Waals surface area contributed by atoms with Crippen molar-refractivity contribution in [3.63, 3.8) is 0 Å². The summed E-state index contributed by atoms with van der Waals surface area (Å²) in [6, 6.07) is 24.1. The van der Waals surface area contributed by atoms with Crippen molar-refractivity contribution in [3.8, 4) is 5.69 Å². The summed E-state index contributed by atoms with van der Waals surface area (Å²) in [4.78, 5) is 108. The number of pyridine rings is 1. The number of imide groups is 2.